The van der Waals surface area contributed by atoms with Crippen LogP contribution < -0.4 is 0 Å². The van der Waals surface area contributed by atoms with Crippen molar-refractivity contribution in [3.63, 3.8) is 0 Å². The normalized spacial score (nSPS) is 26.3. The Morgan fingerprint density at radius 3 is 2.26 bits per heavy atom. The number of esters is 1. The Kier molecular flexibility index (Phi) is 4.51. The summed E-state index contributed by atoms with van der Waals surface area (Å²) in [6, 6.07) is 0. The lowest BCUT2D eigenvalue weighted by Crippen LogP contribution is -2.41. The summed E-state index contributed by atoms with van der Waals surface area (Å²) in [4.78, 5) is 11.4. The van der Waals surface area contributed by atoms with E-state index in [1.807, 2.05) is 0 Å². The molecular weight excluding hydrogens is 244 g/mol. The third-order valence-corrected chi connectivity index (χ3v) is 4.40. The zero-order chi connectivity index (χ0) is 13.9. The Balaban J connectivity index is 1.92. The quantitative estimate of drug-likeness (QED) is 0.737. The van der Waals surface area contributed by atoms with Crippen molar-refractivity contribution in [3.8, 4) is 0 Å². The van der Waals surface area contributed by atoms with E-state index in [1.54, 1.807) is 0 Å². The smallest absolute Gasteiger partial charge is 0.303 e. The molecule has 0 aromatic heterocycles. The van der Waals surface area contributed by atoms with Crippen molar-refractivity contribution in [1.29, 1.82) is 0 Å². The van der Waals surface area contributed by atoms with E-state index < -0.39 is 0 Å². The van der Waals surface area contributed by atoms with Crippen molar-refractivity contribution >= 4 is 5.97 Å². The molecule has 4 nitrogen and oxygen atoms in total. The van der Waals surface area contributed by atoms with E-state index in [1.165, 1.54) is 6.92 Å². The molecule has 1 heterocycles. The second-order valence-corrected chi connectivity index (χ2v) is 6.65. The lowest BCUT2D eigenvalue weighted by Gasteiger charge is -2.43. The van der Waals surface area contributed by atoms with Crippen molar-refractivity contribution in [2.75, 3.05) is 13.2 Å². The van der Waals surface area contributed by atoms with E-state index in [-0.39, 0.29) is 17.9 Å². The van der Waals surface area contributed by atoms with Crippen LogP contribution in [0.15, 0.2) is 0 Å². The first-order valence-corrected chi connectivity index (χ1v) is 7.34. The van der Waals surface area contributed by atoms with Crippen LogP contribution in [0.1, 0.15) is 59.3 Å². The van der Waals surface area contributed by atoms with E-state index in [2.05, 4.69) is 13.8 Å². The number of ether oxygens (including phenoxy) is 3. The number of carbonyl (C=O) groups excluding carboxylic acids is 1. The average molecular weight is 270 g/mol. The molecule has 0 bridgehead atoms. The van der Waals surface area contributed by atoms with Crippen LogP contribution in [0.2, 0.25) is 0 Å². The van der Waals surface area contributed by atoms with Crippen LogP contribution in [0, 0.1) is 5.41 Å². The zero-order valence-electron chi connectivity index (χ0n) is 12.4. The van der Waals surface area contributed by atoms with Crippen molar-refractivity contribution in [2.45, 2.75) is 71.2 Å². The predicted molar refractivity (Wildman–Crippen MR) is 71.7 cm³/mol. The van der Waals surface area contributed by atoms with Crippen LogP contribution in [-0.4, -0.2) is 31.1 Å². The summed E-state index contributed by atoms with van der Waals surface area (Å²) in [5, 5.41) is 0. The molecule has 0 amide bonds. The molecule has 1 aliphatic carbocycles. The van der Waals surface area contributed by atoms with Gasteiger partial charge in [0.05, 0.1) is 13.2 Å². The van der Waals surface area contributed by atoms with Crippen molar-refractivity contribution in [2.24, 2.45) is 5.41 Å². The van der Waals surface area contributed by atoms with Crippen LogP contribution in [-0.2, 0) is 19.0 Å². The van der Waals surface area contributed by atoms with E-state index in [9.17, 15) is 4.79 Å². The first kappa shape index (κ1) is 14.8. The highest BCUT2D eigenvalue weighted by Crippen LogP contribution is 2.44. The summed E-state index contributed by atoms with van der Waals surface area (Å²) in [5.41, 5.74) is 0.0701. The molecule has 0 radical (unpaired) electrons. The molecule has 1 saturated carbocycles. The summed E-state index contributed by atoms with van der Waals surface area (Å²) in [6.45, 7) is 7.43. The van der Waals surface area contributed by atoms with Gasteiger partial charge in [0.15, 0.2) is 6.29 Å². The fourth-order valence-corrected chi connectivity index (χ4v) is 3.05. The third kappa shape index (κ3) is 4.18. The molecule has 2 fully saturated rings. The first-order valence-electron chi connectivity index (χ1n) is 7.34. The Morgan fingerprint density at radius 2 is 1.74 bits per heavy atom. The molecule has 0 aromatic carbocycles. The lowest BCUT2D eigenvalue weighted by atomic mass is 9.69. The van der Waals surface area contributed by atoms with Crippen molar-refractivity contribution in [3.05, 3.63) is 0 Å². The Morgan fingerprint density at radius 1 is 1.16 bits per heavy atom. The second-order valence-electron chi connectivity index (χ2n) is 6.65. The van der Waals surface area contributed by atoms with E-state index >= 15 is 0 Å². The summed E-state index contributed by atoms with van der Waals surface area (Å²) < 4.78 is 16.6. The molecule has 1 aliphatic heterocycles. The van der Waals surface area contributed by atoms with Gasteiger partial charge in [-0.25, -0.2) is 0 Å². The van der Waals surface area contributed by atoms with Crippen LogP contribution >= 0.6 is 0 Å². The van der Waals surface area contributed by atoms with Crippen LogP contribution in [0.25, 0.3) is 0 Å². The van der Waals surface area contributed by atoms with Gasteiger partial charge >= 0.3 is 5.97 Å². The third-order valence-electron chi connectivity index (χ3n) is 4.40. The topological polar surface area (TPSA) is 44.8 Å². The number of carbonyl (C=O) groups is 1. The minimum absolute atomic E-state index is 0.109. The first-order chi connectivity index (χ1) is 8.91. The monoisotopic (exact) mass is 270 g/mol. The molecule has 0 spiro atoms. The maximum Gasteiger partial charge on any atom is 0.303 e. The molecule has 2 rings (SSSR count). The number of hydrogen-bond donors (Lipinski definition) is 0. The number of rotatable bonds is 4. The molecule has 2 aliphatic rings. The van der Waals surface area contributed by atoms with Crippen molar-refractivity contribution in [1.82, 2.24) is 0 Å². The van der Waals surface area contributed by atoms with Gasteiger partial charge in [-0.05, 0) is 37.5 Å². The maximum absolute atomic E-state index is 11.4. The van der Waals surface area contributed by atoms with Gasteiger partial charge in [0.1, 0.15) is 5.60 Å². The Labute approximate surface area is 115 Å². The highest BCUT2D eigenvalue weighted by atomic mass is 16.7. The van der Waals surface area contributed by atoms with Crippen LogP contribution in [0.4, 0.5) is 0 Å². The lowest BCUT2D eigenvalue weighted by molar-refractivity contribution is -0.167. The minimum Gasteiger partial charge on any atom is -0.459 e. The van der Waals surface area contributed by atoms with Crippen LogP contribution in [0.3, 0.4) is 0 Å². The van der Waals surface area contributed by atoms with E-state index in [4.69, 9.17) is 14.2 Å². The summed E-state index contributed by atoms with van der Waals surface area (Å²) in [6.07, 6.45) is 5.65. The second kappa shape index (κ2) is 5.80. The minimum atomic E-state index is -0.295. The molecule has 19 heavy (non-hydrogen) atoms. The molecule has 0 N–H and O–H groups in total. The highest BCUT2D eigenvalue weighted by molar-refractivity contribution is 5.66. The van der Waals surface area contributed by atoms with Gasteiger partial charge in [0.25, 0.3) is 0 Å². The Bertz CT molecular complexity index is 308. The average Bonchev–Trinajstić information content (AvgIpc) is 2.83. The Hall–Kier alpha value is -0.610. The maximum atomic E-state index is 11.4. The standard InChI is InChI=1S/C15H26O4/c1-12(16)19-15(5-4-13-17-10-11-18-13)8-6-14(2,3)7-9-15/h13H,4-11H2,1-3H3. The zero-order valence-corrected chi connectivity index (χ0v) is 12.4. The summed E-state index contributed by atoms with van der Waals surface area (Å²) >= 11 is 0. The molecule has 4 heteroatoms. The van der Waals surface area contributed by atoms with Gasteiger partial charge in [-0.15, -0.1) is 0 Å². The molecule has 110 valence electrons. The van der Waals surface area contributed by atoms with Crippen LogP contribution in [0.5, 0.6) is 0 Å². The highest BCUT2D eigenvalue weighted by Gasteiger charge is 2.41. The summed E-state index contributed by atoms with van der Waals surface area (Å²) in [5.74, 6) is -0.173. The van der Waals surface area contributed by atoms with Gasteiger partial charge in [-0.2, -0.15) is 0 Å². The van der Waals surface area contributed by atoms with E-state index in [0.29, 0.717) is 18.6 Å². The fourth-order valence-electron chi connectivity index (χ4n) is 3.05. The largest absolute Gasteiger partial charge is 0.459 e. The van der Waals surface area contributed by atoms with E-state index in [0.717, 1.165) is 38.5 Å². The molecule has 0 unspecified atom stereocenters. The van der Waals surface area contributed by atoms with Gasteiger partial charge in [0, 0.05) is 13.3 Å². The van der Waals surface area contributed by atoms with Crippen molar-refractivity contribution < 1.29 is 19.0 Å². The molecule has 0 atom stereocenters. The van der Waals surface area contributed by atoms with Gasteiger partial charge in [-0.1, -0.05) is 13.8 Å². The molecule has 1 saturated heterocycles. The number of hydrogen-bond acceptors (Lipinski definition) is 4. The van der Waals surface area contributed by atoms with Gasteiger partial charge < -0.3 is 14.2 Å². The van der Waals surface area contributed by atoms with Gasteiger partial charge in [-0.3, -0.25) is 4.79 Å². The molecule has 0 aromatic rings. The van der Waals surface area contributed by atoms with Gasteiger partial charge in [0.2, 0.25) is 0 Å². The fraction of sp³-hybridized carbons (Fsp3) is 0.933. The predicted octanol–water partition coefficient (Wildman–Crippen LogP) is 3.04. The SMILES string of the molecule is CC(=O)OC1(CCC2OCCO2)CCC(C)(C)CC1. The summed E-state index contributed by atoms with van der Waals surface area (Å²) in [7, 11) is 0. The molecular formula is C15H26O4.